The van der Waals surface area contributed by atoms with E-state index in [9.17, 15) is 14.4 Å². The van der Waals surface area contributed by atoms with E-state index in [-0.39, 0.29) is 29.9 Å². The fourth-order valence-electron chi connectivity index (χ4n) is 7.57. The molecule has 2 saturated heterocycles. The van der Waals surface area contributed by atoms with Crippen LogP contribution in [0, 0.1) is 11.2 Å². The highest BCUT2D eigenvalue weighted by atomic mass is 19.4. The number of likely N-dealkylation sites (tertiary alicyclic amines) is 1. The minimum Gasteiger partial charge on any atom is -0.331 e. The maximum atomic E-state index is 15.2. The lowest BCUT2D eigenvalue weighted by molar-refractivity contribution is -0.159. The van der Waals surface area contributed by atoms with Gasteiger partial charge in [0.05, 0.1) is 12.0 Å². The SMILES string of the molecule is O=C1C(=O)[C@@]2(CN1Cc1ccccc1)[C@H](c1ccccc1)[C@@H](C(F)(F)F)N[C@]21C(=O)N(Cc2ccccc2)c2ccc(F)cc21. The molecule has 2 fully saturated rings. The lowest BCUT2D eigenvalue weighted by atomic mass is 9.59. The molecule has 10 heteroatoms. The van der Waals surface area contributed by atoms with E-state index in [0.717, 1.165) is 12.1 Å². The van der Waals surface area contributed by atoms with Crippen molar-refractivity contribution < 1.29 is 31.9 Å². The van der Waals surface area contributed by atoms with Crippen molar-refractivity contribution >= 4 is 23.3 Å². The number of benzene rings is 4. The second kappa shape index (κ2) is 10.4. The van der Waals surface area contributed by atoms with Crippen molar-refractivity contribution in [3.63, 3.8) is 0 Å². The topological polar surface area (TPSA) is 69.7 Å². The standard InChI is InChI=1S/C35H27F4N3O3/c36-25-16-17-27-26(18-25)34(32(45)42(27)20-23-12-6-2-7-13-23)33(21-41(31(44)30(33)43)19-22-10-4-1-5-11-22)28(24-14-8-3-9-15-24)29(40-34)35(37,38)39/h1-18,28-29,40H,19-21H2/t28-,29+,33-,34-/m1/s1. The summed E-state index contributed by atoms with van der Waals surface area (Å²) in [6.07, 6.45) is -4.95. The quantitative estimate of drug-likeness (QED) is 0.239. The number of halogens is 4. The van der Waals surface area contributed by atoms with Crippen LogP contribution >= 0.6 is 0 Å². The van der Waals surface area contributed by atoms with E-state index in [2.05, 4.69) is 5.32 Å². The third-order valence-electron chi connectivity index (χ3n) is 9.36. The van der Waals surface area contributed by atoms with Gasteiger partial charge < -0.3 is 9.80 Å². The summed E-state index contributed by atoms with van der Waals surface area (Å²) in [5, 5.41) is 2.59. The van der Waals surface area contributed by atoms with Crippen molar-refractivity contribution in [3.8, 4) is 0 Å². The largest absolute Gasteiger partial charge is 0.404 e. The van der Waals surface area contributed by atoms with Gasteiger partial charge in [0.25, 0.3) is 11.8 Å². The normalized spacial score (nSPS) is 26.0. The van der Waals surface area contributed by atoms with Gasteiger partial charge in [-0.2, -0.15) is 13.2 Å². The van der Waals surface area contributed by atoms with Gasteiger partial charge in [-0.15, -0.1) is 0 Å². The number of nitrogens with one attached hydrogen (secondary N) is 1. The van der Waals surface area contributed by atoms with Gasteiger partial charge in [-0.1, -0.05) is 91.0 Å². The summed E-state index contributed by atoms with van der Waals surface area (Å²) in [5.74, 6) is -5.42. The fraction of sp³-hybridized carbons (Fsp3) is 0.229. The van der Waals surface area contributed by atoms with E-state index in [4.69, 9.17) is 0 Å². The summed E-state index contributed by atoms with van der Waals surface area (Å²) in [4.78, 5) is 45.9. The predicted octanol–water partition coefficient (Wildman–Crippen LogP) is 5.48. The fourth-order valence-corrected chi connectivity index (χ4v) is 7.57. The molecule has 4 aromatic carbocycles. The highest BCUT2D eigenvalue weighted by molar-refractivity contribution is 6.42. The van der Waals surface area contributed by atoms with Gasteiger partial charge in [0, 0.05) is 30.3 Å². The Morgan fingerprint density at radius 1 is 0.778 bits per heavy atom. The Balaban J connectivity index is 1.49. The number of alkyl halides is 3. The van der Waals surface area contributed by atoms with Gasteiger partial charge in [-0.3, -0.25) is 19.7 Å². The minimum atomic E-state index is -4.95. The Kier molecular flexibility index (Phi) is 6.67. The number of carbonyl (C=O) groups is 3. The number of carbonyl (C=O) groups excluding carboxylic acids is 3. The molecule has 0 saturated carbocycles. The van der Waals surface area contributed by atoms with E-state index in [1.165, 1.54) is 28.0 Å². The Morgan fingerprint density at radius 3 is 1.96 bits per heavy atom. The summed E-state index contributed by atoms with van der Waals surface area (Å²) < 4.78 is 60.7. The number of rotatable bonds is 5. The van der Waals surface area contributed by atoms with Crippen molar-refractivity contribution in [1.82, 2.24) is 10.2 Å². The molecule has 6 nitrogen and oxygen atoms in total. The van der Waals surface area contributed by atoms with Crippen LogP contribution in [0.1, 0.15) is 28.2 Å². The highest BCUT2D eigenvalue weighted by Gasteiger charge is 2.81. The van der Waals surface area contributed by atoms with Gasteiger partial charge in [0.15, 0.2) is 0 Å². The number of amides is 2. The van der Waals surface area contributed by atoms with Crippen molar-refractivity contribution in [2.45, 2.75) is 36.8 Å². The van der Waals surface area contributed by atoms with Crippen LogP contribution < -0.4 is 10.2 Å². The van der Waals surface area contributed by atoms with E-state index in [1.807, 2.05) is 0 Å². The van der Waals surface area contributed by atoms with Gasteiger partial charge >= 0.3 is 6.18 Å². The Morgan fingerprint density at radius 2 is 1.36 bits per heavy atom. The predicted molar refractivity (Wildman–Crippen MR) is 157 cm³/mol. The number of fused-ring (bicyclic) bond motifs is 3. The van der Waals surface area contributed by atoms with Crippen molar-refractivity contribution in [2.24, 2.45) is 5.41 Å². The summed E-state index contributed by atoms with van der Waals surface area (Å²) >= 11 is 0. The molecule has 1 N–H and O–H groups in total. The van der Waals surface area contributed by atoms with Crippen LogP contribution in [0.15, 0.2) is 109 Å². The first-order chi connectivity index (χ1) is 21.6. The summed E-state index contributed by atoms with van der Waals surface area (Å²) in [7, 11) is 0. The van der Waals surface area contributed by atoms with Crippen LogP contribution in [0.5, 0.6) is 0 Å². The number of hydrogen-bond donors (Lipinski definition) is 1. The molecule has 0 radical (unpaired) electrons. The Bertz CT molecular complexity index is 1800. The molecule has 228 valence electrons. The first-order valence-corrected chi connectivity index (χ1v) is 14.5. The average molecular weight is 614 g/mol. The Labute approximate surface area is 256 Å². The van der Waals surface area contributed by atoms with Crippen LogP contribution in [0.2, 0.25) is 0 Å². The lowest BCUT2D eigenvalue weighted by Gasteiger charge is -2.40. The van der Waals surface area contributed by atoms with E-state index in [1.54, 1.807) is 78.9 Å². The first-order valence-electron chi connectivity index (χ1n) is 14.5. The zero-order valence-corrected chi connectivity index (χ0v) is 23.8. The van der Waals surface area contributed by atoms with Crippen LogP contribution in [-0.4, -0.2) is 41.3 Å². The maximum absolute atomic E-state index is 15.2. The molecular formula is C35H27F4N3O3. The lowest BCUT2D eigenvalue weighted by Crippen LogP contribution is -2.61. The smallest absolute Gasteiger partial charge is 0.331 e. The van der Waals surface area contributed by atoms with Gasteiger partial charge in [-0.25, -0.2) is 4.39 Å². The number of hydrogen-bond acceptors (Lipinski definition) is 4. The van der Waals surface area contributed by atoms with Gasteiger partial charge in [0.1, 0.15) is 17.4 Å². The second-order valence-corrected chi connectivity index (χ2v) is 11.8. The van der Waals surface area contributed by atoms with E-state index in [0.29, 0.717) is 11.1 Å². The molecule has 2 spiro atoms. The van der Waals surface area contributed by atoms with E-state index >= 15 is 17.6 Å². The molecule has 0 aliphatic carbocycles. The monoisotopic (exact) mass is 613 g/mol. The molecule has 4 atom stereocenters. The van der Waals surface area contributed by atoms with Crippen LogP contribution in [-0.2, 0) is 33.0 Å². The summed E-state index contributed by atoms with van der Waals surface area (Å²) in [6, 6.07) is 26.3. The molecule has 45 heavy (non-hydrogen) atoms. The zero-order chi connectivity index (χ0) is 31.6. The van der Waals surface area contributed by atoms with Gasteiger partial charge in [-0.05, 0) is 34.9 Å². The maximum Gasteiger partial charge on any atom is 0.404 e. The molecule has 3 aliphatic rings. The third-order valence-corrected chi connectivity index (χ3v) is 9.36. The average Bonchev–Trinajstić information content (AvgIpc) is 3.57. The minimum absolute atomic E-state index is 0.0413. The Hall–Kier alpha value is -4.83. The molecule has 3 heterocycles. The number of anilines is 1. The van der Waals surface area contributed by atoms with Crippen LogP contribution in [0.4, 0.5) is 23.2 Å². The van der Waals surface area contributed by atoms with E-state index < -0.39 is 59.0 Å². The second-order valence-electron chi connectivity index (χ2n) is 11.8. The van der Waals surface area contributed by atoms with Gasteiger partial charge in [0.2, 0.25) is 5.78 Å². The number of Topliss-reactive ketones (excluding diaryl/α,β-unsaturated/α-hetero) is 1. The molecule has 0 bridgehead atoms. The first kappa shape index (κ1) is 28.9. The third kappa shape index (κ3) is 4.23. The van der Waals surface area contributed by atoms with Crippen molar-refractivity contribution in [3.05, 3.63) is 137 Å². The molecule has 7 rings (SSSR count). The summed E-state index contributed by atoms with van der Waals surface area (Å²) in [5.41, 5.74) is -3.12. The molecule has 2 amide bonds. The molecule has 3 aliphatic heterocycles. The molecule has 0 aromatic heterocycles. The molecule has 0 unspecified atom stereocenters. The molecular weight excluding hydrogens is 586 g/mol. The van der Waals surface area contributed by atoms with Crippen LogP contribution in [0.3, 0.4) is 0 Å². The zero-order valence-electron chi connectivity index (χ0n) is 23.8. The highest BCUT2D eigenvalue weighted by Crippen LogP contribution is 2.65. The molecule has 4 aromatic rings. The van der Waals surface area contributed by atoms with Crippen molar-refractivity contribution in [2.75, 3.05) is 11.4 Å². The number of nitrogens with zero attached hydrogens (tertiary/aromatic N) is 2. The van der Waals surface area contributed by atoms with Crippen LogP contribution in [0.25, 0.3) is 0 Å². The summed E-state index contributed by atoms with van der Waals surface area (Å²) in [6.45, 7) is -0.584. The number of ketones is 1. The van der Waals surface area contributed by atoms with Crippen molar-refractivity contribution in [1.29, 1.82) is 0 Å².